The Labute approximate surface area is 158 Å². The van der Waals surface area contributed by atoms with Crippen LogP contribution in [0.15, 0.2) is 0 Å². The van der Waals surface area contributed by atoms with E-state index in [2.05, 4.69) is 25.7 Å². The van der Waals surface area contributed by atoms with Crippen molar-refractivity contribution >= 4 is 0 Å². The summed E-state index contributed by atoms with van der Waals surface area (Å²) in [7, 11) is 3.52. The molecule has 1 rings (SSSR count). The van der Waals surface area contributed by atoms with E-state index in [1.807, 2.05) is 0 Å². The van der Waals surface area contributed by atoms with Crippen molar-refractivity contribution in [2.75, 3.05) is 40.5 Å². The van der Waals surface area contributed by atoms with Crippen LogP contribution in [0.5, 0.6) is 0 Å². The van der Waals surface area contributed by atoms with E-state index in [1.165, 1.54) is 83.7 Å². The third kappa shape index (κ3) is 14.7. The SMILES string of the molecule is CCCCCCCCCCC.COCC(COC)N1CCC(C)CC1. The molecule has 0 aliphatic carbocycles. The molecule has 0 N–H and O–H groups in total. The molecule has 152 valence electrons. The highest BCUT2D eigenvalue weighted by molar-refractivity contribution is 4.76. The van der Waals surface area contributed by atoms with Crippen LogP contribution in [0.25, 0.3) is 0 Å². The zero-order valence-corrected chi connectivity index (χ0v) is 18.0. The van der Waals surface area contributed by atoms with Gasteiger partial charge in [-0.2, -0.15) is 0 Å². The first kappa shape index (κ1) is 24.9. The number of piperidine rings is 1. The second-order valence-corrected chi connectivity index (χ2v) is 7.76. The van der Waals surface area contributed by atoms with Crippen LogP contribution in [-0.2, 0) is 9.47 Å². The molecule has 0 saturated carbocycles. The lowest BCUT2D eigenvalue weighted by Gasteiger charge is -2.36. The highest BCUT2D eigenvalue weighted by Crippen LogP contribution is 2.18. The van der Waals surface area contributed by atoms with Gasteiger partial charge in [-0.15, -0.1) is 0 Å². The quantitative estimate of drug-likeness (QED) is 0.382. The Morgan fingerprint density at radius 1 is 0.760 bits per heavy atom. The smallest absolute Gasteiger partial charge is 0.0640 e. The minimum atomic E-state index is 0.442. The van der Waals surface area contributed by atoms with Crippen molar-refractivity contribution in [1.82, 2.24) is 4.90 Å². The highest BCUT2D eigenvalue weighted by Gasteiger charge is 2.22. The number of unbranched alkanes of at least 4 members (excludes halogenated alkanes) is 8. The van der Waals surface area contributed by atoms with E-state index in [-0.39, 0.29) is 0 Å². The van der Waals surface area contributed by atoms with E-state index in [1.54, 1.807) is 14.2 Å². The summed E-state index contributed by atoms with van der Waals surface area (Å²) in [5.74, 6) is 0.886. The van der Waals surface area contributed by atoms with Crippen LogP contribution in [0.2, 0.25) is 0 Å². The minimum absolute atomic E-state index is 0.442. The van der Waals surface area contributed by atoms with Gasteiger partial charge in [-0.25, -0.2) is 0 Å². The molecule has 0 atom stereocenters. The van der Waals surface area contributed by atoms with Crippen molar-refractivity contribution in [3.05, 3.63) is 0 Å². The Hall–Kier alpha value is -0.120. The fourth-order valence-corrected chi connectivity index (χ4v) is 3.42. The second-order valence-electron chi connectivity index (χ2n) is 7.76. The van der Waals surface area contributed by atoms with Gasteiger partial charge in [0, 0.05) is 14.2 Å². The molecule has 0 aromatic carbocycles. The molecule has 3 nitrogen and oxygen atoms in total. The van der Waals surface area contributed by atoms with Gasteiger partial charge in [0.25, 0.3) is 0 Å². The fourth-order valence-electron chi connectivity index (χ4n) is 3.42. The number of likely N-dealkylation sites (tertiary alicyclic amines) is 1. The van der Waals surface area contributed by atoms with Gasteiger partial charge in [-0.1, -0.05) is 78.6 Å². The average molecular weight is 358 g/mol. The van der Waals surface area contributed by atoms with Crippen LogP contribution in [0, 0.1) is 5.92 Å². The molecule has 1 fully saturated rings. The van der Waals surface area contributed by atoms with Gasteiger partial charge in [0.15, 0.2) is 0 Å². The summed E-state index contributed by atoms with van der Waals surface area (Å²) in [6.07, 6.45) is 15.6. The zero-order chi connectivity index (χ0) is 18.8. The molecule has 0 unspecified atom stereocenters. The Bertz CT molecular complexity index is 238. The molecule has 0 amide bonds. The summed E-state index contributed by atoms with van der Waals surface area (Å²) in [6, 6.07) is 0.442. The molecular weight excluding hydrogens is 310 g/mol. The molecule has 0 radical (unpaired) electrons. The number of hydrogen-bond acceptors (Lipinski definition) is 3. The van der Waals surface area contributed by atoms with Crippen molar-refractivity contribution in [1.29, 1.82) is 0 Å². The molecule has 3 heteroatoms. The molecule has 1 saturated heterocycles. The predicted octanol–water partition coefficient (Wildman–Crippen LogP) is 5.92. The van der Waals surface area contributed by atoms with E-state index < -0.39 is 0 Å². The van der Waals surface area contributed by atoms with Gasteiger partial charge in [-0.3, -0.25) is 4.90 Å². The van der Waals surface area contributed by atoms with Crippen LogP contribution in [0.3, 0.4) is 0 Å². The van der Waals surface area contributed by atoms with E-state index in [4.69, 9.17) is 9.47 Å². The van der Waals surface area contributed by atoms with Crippen molar-refractivity contribution in [2.45, 2.75) is 97.4 Å². The van der Waals surface area contributed by atoms with E-state index in [9.17, 15) is 0 Å². The highest BCUT2D eigenvalue weighted by atomic mass is 16.5. The van der Waals surface area contributed by atoms with Crippen LogP contribution in [-0.4, -0.2) is 51.5 Å². The topological polar surface area (TPSA) is 21.7 Å². The lowest BCUT2D eigenvalue weighted by Crippen LogP contribution is -2.45. The zero-order valence-electron chi connectivity index (χ0n) is 18.0. The molecule has 0 bridgehead atoms. The maximum Gasteiger partial charge on any atom is 0.0640 e. The molecular formula is C22H47NO2. The third-order valence-electron chi connectivity index (χ3n) is 5.26. The molecule has 1 heterocycles. The van der Waals surface area contributed by atoms with Crippen LogP contribution >= 0.6 is 0 Å². The number of hydrogen-bond donors (Lipinski definition) is 0. The Kier molecular flexibility index (Phi) is 18.6. The predicted molar refractivity (Wildman–Crippen MR) is 110 cm³/mol. The third-order valence-corrected chi connectivity index (χ3v) is 5.26. The first-order valence-corrected chi connectivity index (χ1v) is 10.9. The van der Waals surface area contributed by atoms with Crippen molar-refractivity contribution in [3.8, 4) is 0 Å². The molecule has 25 heavy (non-hydrogen) atoms. The van der Waals surface area contributed by atoms with Crippen molar-refractivity contribution in [3.63, 3.8) is 0 Å². The lowest BCUT2D eigenvalue weighted by atomic mass is 9.98. The number of methoxy groups -OCH3 is 2. The summed E-state index contributed by atoms with van der Waals surface area (Å²) in [5, 5.41) is 0. The van der Waals surface area contributed by atoms with Crippen molar-refractivity contribution < 1.29 is 9.47 Å². The summed E-state index contributed by atoms with van der Waals surface area (Å²) >= 11 is 0. The number of nitrogens with zero attached hydrogens (tertiary/aromatic N) is 1. The Morgan fingerprint density at radius 3 is 1.52 bits per heavy atom. The monoisotopic (exact) mass is 357 g/mol. The Morgan fingerprint density at radius 2 is 1.16 bits per heavy atom. The van der Waals surface area contributed by atoms with Gasteiger partial charge in [0.2, 0.25) is 0 Å². The standard InChI is InChI=1S/C11H23NO2.C11H24/c1-10-4-6-12(7-5-10)11(8-13-2)9-14-3;1-3-5-7-9-11-10-8-6-4-2/h10-11H,4-9H2,1-3H3;3-11H2,1-2H3. The van der Waals surface area contributed by atoms with Crippen LogP contribution < -0.4 is 0 Å². The van der Waals surface area contributed by atoms with Gasteiger partial charge >= 0.3 is 0 Å². The van der Waals surface area contributed by atoms with E-state index in [0.29, 0.717) is 6.04 Å². The first-order valence-electron chi connectivity index (χ1n) is 10.9. The number of ether oxygens (including phenoxy) is 2. The fraction of sp³-hybridized carbons (Fsp3) is 1.00. The van der Waals surface area contributed by atoms with Gasteiger partial charge in [0.05, 0.1) is 19.3 Å². The van der Waals surface area contributed by atoms with E-state index >= 15 is 0 Å². The molecule has 0 aromatic rings. The molecule has 1 aliphatic rings. The largest absolute Gasteiger partial charge is 0.383 e. The summed E-state index contributed by atoms with van der Waals surface area (Å²) in [4.78, 5) is 2.49. The molecule has 0 aromatic heterocycles. The first-order chi connectivity index (χ1) is 12.2. The minimum Gasteiger partial charge on any atom is -0.383 e. The second kappa shape index (κ2) is 18.7. The number of rotatable bonds is 13. The summed E-state index contributed by atoms with van der Waals surface area (Å²) in [6.45, 7) is 10.8. The average Bonchev–Trinajstić information content (AvgIpc) is 2.62. The normalized spacial score (nSPS) is 16.1. The van der Waals surface area contributed by atoms with Gasteiger partial charge < -0.3 is 9.47 Å². The maximum absolute atomic E-state index is 5.21. The lowest BCUT2D eigenvalue weighted by molar-refractivity contribution is 0.0206. The van der Waals surface area contributed by atoms with Gasteiger partial charge in [-0.05, 0) is 31.8 Å². The molecule has 1 aliphatic heterocycles. The summed E-state index contributed by atoms with van der Waals surface area (Å²) < 4.78 is 10.4. The van der Waals surface area contributed by atoms with Crippen molar-refractivity contribution in [2.24, 2.45) is 5.92 Å². The summed E-state index contributed by atoms with van der Waals surface area (Å²) in [5.41, 5.74) is 0. The molecule has 0 spiro atoms. The van der Waals surface area contributed by atoms with Crippen LogP contribution in [0.4, 0.5) is 0 Å². The van der Waals surface area contributed by atoms with Crippen LogP contribution in [0.1, 0.15) is 91.4 Å². The van der Waals surface area contributed by atoms with Gasteiger partial charge in [0.1, 0.15) is 0 Å². The van der Waals surface area contributed by atoms with E-state index in [0.717, 1.165) is 19.1 Å². The maximum atomic E-state index is 5.21. The Balaban J connectivity index is 0.000000477.